The van der Waals surface area contributed by atoms with Gasteiger partial charge in [0.1, 0.15) is 19.7 Å². The molecular formula is C18H26FNOSi. The first-order valence-corrected chi connectivity index (χ1v) is 11.1. The molecule has 0 aliphatic rings. The molecule has 22 heavy (non-hydrogen) atoms. The van der Waals surface area contributed by atoms with Crippen LogP contribution in [-0.2, 0) is 11.2 Å². The molecule has 0 spiro atoms. The van der Waals surface area contributed by atoms with Crippen molar-refractivity contribution in [3.8, 4) is 11.5 Å². The Labute approximate surface area is 134 Å². The summed E-state index contributed by atoms with van der Waals surface area (Å²) in [5.41, 5.74) is 9.59. The lowest BCUT2D eigenvalue weighted by Gasteiger charge is -2.24. The number of hydrogen-bond donors (Lipinski definition) is 1. The second kappa shape index (κ2) is 7.21. The summed E-state index contributed by atoms with van der Waals surface area (Å²) in [7, 11) is -1.47. The Kier molecular flexibility index (Phi) is 6.10. The smallest absolute Gasteiger partial charge is 0.141 e. The minimum absolute atomic E-state index is 0.0919. The average molecular weight is 319 g/mol. The predicted octanol–water partition coefficient (Wildman–Crippen LogP) is 3.56. The molecule has 0 amide bonds. The summed E-state index contributed by atoms with van der Waals surface area (Å²) in [4.78, 5) is 12.5. The van der Waals surface area contributed by atoms with E-state index in [4.69, 9.17) is 5.73 Å². The van der Waals surface area contributed by atoms with Crippen LogP contribution in [0.5, 0.6) is 0 Å². The summed E-state index contributed by atoms with van der Waals surface area (Å²) in [5.74, 6) is 2.84. The van der Waals surface area contributed by atoms with Gasteiger partial charge in [0.2, 0.25) is 0 Å². The molecule has 1 aromatic carbocycles. The van der Waals surface area contributed by atoms with Crippen molar-refractivity contribution in [2.45, 2.75) is 52.4 Å². The SMILES string of the molecule is CC(C)(Cc1ccc(F)cc1)C(=O)CC(N)C#C[Si](C)(C)C. The maximum absolute atomic E-state index is 12.9. The number of benzene rings is 1. The van der Waals surface area contributed by atoms with E-state index in [-0.39, 0.29) is 18.0 Å². The third kappa shape index (κ3) is 6.55. The summed E-state index contributed by atoms with van der Waals surface area (Å²) < 4.78 is 12.9. The summed E-state index contributed by atoms with van der Waals surface area (Å²) in [6, 6.07) is 5.86. The Hall–Kier alpha value is -1.44. The van der Waals surface area contributed by atoms with E-state index in [1.54, 1.807) is 12.1 Å². The standard InChI is InChI=1S/C18H26FNOSi/c1-18(2,13-14-6-8-15(19)9-7-14)17(21)12-16(20)10-11-22(3,4)5/h6-9,16H,12-13,20H2,1-5H3. The molecule has 0 aromatic heterocycles. The van der Waals surface area contributed by atoms with E-state index in [0.29, 0.717) is 6.42 Å². The van der Waals surface area contributed by atoms with Crippen molar-refractivity contribution in [3.05, 3.63) is 35.6 Å². The zero-order valence-corrected chi connectivity index (χ0v) is 15.2. The summed E-state index contributed by atoms with van der Waals surface area (Å²) in [5, 5.41) is 0. The molecule has 0 saturated heterocycles. The highest BCUT2D eigenvalue weighted by molar-refractivity contribution is 6.83. The van der Waals surface area contributed by atoms with Crippen LogP contribution in [0.1, 0.15) is 25.8 Å². The normalized spacial score (nSPS) is 13.2. The molecule has 1 unspecified atom stereocenters. The van der Waals surface area contributed by atoms with Crippen LogP contribution in [0.4, 0.5) is 4.39 Å². The van der Waals surface area contributed by atoms with Crippen LogP contribution in [0, 0.1) is 22.7 Å². The summed E-state index contributed by atoms with van der Waals surface area (Å²) in [6.07, 6.45) is 0.825. The lowest BCUT2D eigenvalue weighted by Crippen LogP contribution is -2.33. The van der Waals surface area contributed by atoms with Gasteiger partial charge in [0.15, 0.2) is 0 Å². The summed E-state index contributed by atoms with van der Waals surface area (Å²) >= 11 is 0. The van der Waals surface area contributed by atoms with E-state index in [1.165, 1.54) is 12.1 Å². The molecule has 0 saturated carbocycles. The number of Topliss-reactive ketones (excluding diaryl/α,β-unsaturated/α-hetero) is 1. The van der Waals surface area contributed by atoms with Crippen LogP contribution in [-0.4, -0.2) is 19.9 Å². The molecule has 0 bridgehead atoms. The van der Waals surface area contributed by atoms with Gasteiger partial charge < -0.3 is 5.73 Å². The fourth-order valence-corrected chi connectivity index (χ4v) is 2.67. The Morgan fingerprint density at radius 1 is 1.27 bits per heavy atom. The van der Waals surface area contributed by atoms with E-state index < -0.39 is 19.5 Å². The molecule has 1 rings (SSSR count). The van der Waals surface area contributed by atoms with Gasteiger partial charge in [0.05, 0.1) is 6.04 Å². The van der Waals surface area contributed by atoms with Crippen molar-refractivity contribution >= 4 is 13.9 Å². The van der Waals surface area contributed by atoms with Gasteiger partial charge in [-0.1, -0.05) is 51.5 Å². The molecule has 1 atom stereocenters. The zero-order chi connectivity index (χ0) is 17.0. The highest BCUT2D eigenvalue weighted by atomic mass is 28.3. The number of hydrogen-bond acceptors (Lipinski definition) is 2. The van der Waals surface area contributed by atoms with E-state index in [2.05, 4.69) is 31.1 Å². The largest absolute Gasteiger partial charge is 0.317 e. The molecule has 0 fully saturated rings. The van der Waals surface area contributed by atoms with Crippen molar-refractivity contribution in [2.24, 2.45) is 11.1 Å². The third-order valence-electron chi connectivity index (χ3n) is 3.35. The second-order valence-corrected chi connectivity index (χ2v) is 12.2. The van der Waals surface area contributed by atoms with Gasteiger partial charge in [-0.3, -0.25) is 4.79 Å². The van der Waals surface area contributed by atoms with Crippen LogP contribution in [0.15, 0.2) is 24.3 Å². The minimum Gasteiger partial charge on any atom is -0.317 e. The number of rotatable bonds is 5. The van der Waals surface area contributed by atoms with Crippen LogP contribution in [0.3, 0.4) is 0 Å². The van der Waals surface area contributed by atoms with Crippen molar-refractivity contribution < 1.29 is 9.18 Å². The van der Waals surface area contributed by atoms with Gasteiger partial charge in [0.25, 0.3) is 0 Å². The first-order valence-electron chi connectivity index (χ1n) is 7.56. The first-order chi connectivity index (χ1) is 9.99. The van der Waals surface area contributed by atoms with Gasteiger partial charge in [0, 0.05) is 11.8 Å². The third-order valence-corrected chi connectivity index (χ3v) is 4.25. The maximum Gasteiger partial charge on any atom is 0.141 e. The lowest BCUT2D eigenvalue weighted by atomic mass is 9.79. The van der Waals surface area contributed by atoms with Crippen LogP contribution >= 0.6 is 0 Å². The van der Waals surface area contributed by atoms with Crippen LogP contribution < -0.4 is 5.73 Å². The second-order valence-electron chi connectivity index (χ2n) is 7.44. The van der Waals surface area contributed by atoms with Gasteiger partial charge in [-0.2, -0.15) is 0 Å². The zero-order valence-electron chi connectivity index (χ0n) is 14.2. The topological polar surface area (TPSA) is 43.1 Å². The molecule has 1 aromatic rings. The van der Waals surface area contributed by atoms with Crippen molar-refractivity contribution in [1.82, 2.24) is 0 Å². The predicted molar refractivity (Wildman–Crippen MR) is 92.6 cm³/mol. The highest BCUT2D eigenvalue weighted by Gasteiger charge is 2.28. The number of halogens is 1. The number of ketones is 1. The van der Waals surface area contributed by atoms with Gasteiger partial charge in [-0.25, -0.2) is 4.39 Å². The Morgan fingerprint density at radius 2 is 1.82 bits per heavy atom. The molecular weight excluding hydrogens is 293 g/mol. The Bertz CT molecular complexity index is 576. The summed E-state index contributed by atoms with van der Waals surface area (Å²) in [6.45, 7) is 10.2. The minimum atomic E-state index is -1.47. The lowest BCUT2D eigenvalue weighted by molar-refractivity contribution is -0.127. The van der Waals surface area contributed by atoms with Crippen molar-refractivity contribution in [1.29, 1.82) is 0 Å². The fourth-order valence-electron chi connectivity index (χ4n) is 2.05. The van der Waals surface area contributed by atoms with Gasteiger partial charge >= 0.3 is 0 Å². The number of nitrogens with two attached hydrogens (primary N) is 1. The van der Waals surface area contributed by atoms with Crippen molar-refractivity contribution in [2.75, 3.05) is 0 Å². The van der Waals surface area contributed by atoms with Crippen LogP contribution in [0.2, 0.25) is 19.6 Å². The molecule has 0 radical (unpaired) electrons. The molecule has 2 nitrogen and oxygen atoms in total. The van der Waals surface area contributed by atoms with E-state index in [9.17, 15) is 9.18 Å². The average Bonchev–Trinajstić information content (AvgIpc) is 2.38. The van der Waals surface area contributed by atoms with Crippen LogP contribution in [0.25, 0.3) is 0 Å². The van der Waals surface area contributed by atoms with E-state index in [1.807, 2.05) is 13.8 Å². The molecule has 0 aliphatic heterocycles. The quantitative estimate of drug-likeness (QED) is 0.666. The highest BCUT2D eigenvalue weighted by Crippen LogP contribution is 2.25. The molecule has 0 heterocycles. The van der Waals surface area contributed by atoms with E-state index >= 15 is 0 Å². The van der Waals surface area contributed by atoms with E-state index in [0.717, 1.165) is 5.56 Å². The monoisotopic (exact) mass is 319 g/mol. The Morgan fingerprint density at radius 3 is 2.32 bits per heavy atom. The Balaban J connectivity index is 2.69. The number of carbonyl (C=O) groups excluding carboxylic acids is 1. The first kappa shape index (κ1) is 18.6. The van der Waals surface area contributed by atoms with Gasteiger partial charge in [-0.15, -0.1) is 5.54 Å². The molecule has 0 aliphatic carbocycles. The molecule has 2 N–H and O–H groups in total. The fraction of sp³-hybridized carbons (Fsp3) is 0.500. The van der Waals surface area contributed by atoms with Gasteiger partial charge in [-0.05, 0) is 24.1 Å². The molecule has 120 valence electrons. The molecule has 4 heteroatoms. The number of carbonyl (C=O) groups is 1. The maximum atomic E-state index is 12.9. The van der Waals surface area contributed by atoms with Crippen molar-refractivity contribution in [3.63, 3.8) is 0 Å².